The van der Waals surface area contributed by atoms with Crippen molar-refractivity contribution in [2.45, 2.75) is 57.4 Å². The number of carbonyl (C=O) groups excluding carboxylic acids is 1. The van der Waals surface area contributed by atoms with Gasteiger partial charge in [0.1, 0.15) is 5.54 Å². The Kier molecular flexibility index (Phi) is 5.41. The minimum atomic E-state index is -0.700. The molecule has 0 saturated heterocycles. The standard InChI is InChI=1S/C17H21BrN2O/c1-13-7-8-14(11-15(13)18)16(21)20-17(12-19)9-5-3-2-4-6-10-17/h7-8,11H,2-6,9-10H2,1H3,(H,20,21). The number of nitrogens with one attached hydrogen (secondary N) is 1. The van der Waals surface area contributed by atoms with Crippen LogP contribution < -0.4 is 5.32 Å². The highest BCUT2D eigenvalue weighted by Crippen LogP contribution is 2.26. The van der Waals surface area contributed by atoms with Gasteiger partial charge in [-0.2, -0.15) is 5.26 Å². The first-order valence-corrected chi connectivity index (χ1v) is 8.35. The summed E-state index contributed by atoms with van der Waals surface area (Å²) in [6, 6.07) is 7.91. The molecule has 0 aromatic heterocycles. The first-order valence-electron chi connectivity index (χ1n) is 7.56. The SMILES string of the molecule is Cc1ccc(C(=O)NC2(C#N)CCCCCCC2)cc1Br. The zero-order valence-electron chi connectivity index (χ0n) is 12.4. The van der Waals surface area contributed by atoms with E-state index in [2.05, 4.69) is 27.3 Å². The maximum atomic E-state index is 12.5. The number of nitrogens with zero attached hydrogens (tertiary/aromatic N) is 1. The van der Waals surface area contributed by atoms with Crippen LogP contribution in [0.2, 0.25) is 0 Å². The van der Waals surface area contributed by atoms with Gasteiger partial charge < -0.3 is 5.32 Å². The summed E-state index contributed by atoms with van der Waals surface area (Å²) in [4.78, 5) is 12.5. The Hall–Kier alpha value is -1.34. The Morgan fingerprint density at radius 2 is 1.86 bits per heavy atom. The molecule has 1 fully saturated rings. The van der Waals surface area contributed by atoms with E-state index in [0.29, 0.717) is 5.56 Å². The van der Waals surface area contributed by atoms with E-state index < -0.39 is 5.54 Å². The molecule has 1 aliphatic rings. The van der Waals surface area contributed by atoms with Gasteiger partial charge in [-0.25, -0.2) is 0 Å². The van der Waals surface area contributed by atoms with Crippen LogP contribution in [0.5, 0.6) is 0 Å². The maximum Gasteiger partial charge on any atom is 0.252 e. The molecule has 0 aliphatic heterocycles. The average molecular weight is 349 g/mol. The molecule has 0 heterocycles. The summed E-state index contributed by atoms with van der Waals surface area (Å²) >= 11 is 3.45. The molecular weight excluding hydrogens is 328 g/mol. The van der Waals surface area contributed by atoms with Crippen LogP contribution in [0.3, 0.4) is 0 Å². The maximum absolute atomic E-state index is 12.5. The van der Waals surface area contributed by atoms with Crippen LogP contribution >= 0.6 is 15.9 Å². The van der Waals surface area contributed by atoms with Crippen molar-refractivity contribution in [1.29, 1.82) is 5.26 Å². The summed E-state index contributed by atoms with van der Waals surface area (Å²) < 4.78 is 0.916. The van der Waals surface area contributed by atoms with E-state index in [-0.39, 0.29) is 5.91 Å². The first kappa shape index (κ1) is 16.0. The summed E-state index contributed by atoms with van der Waals surface area (Å²) in [5.74, 6) is -0.155. The summed E-state index contributed by atoms with van der Waals surface area (Å²) in [5, 5.41) is 12.6. The Bertz CT molecular complexity index is 554. The molecule has 1 amide bonds. The summed E-state index contributed by atoms with van der Waals surface area (Å²) in [7, 11) is 0. The molecule has 0 bridgehead atoms. The van der Waals surface area contributed by atoms with Crippen LogP contribution in [0.15, 0.2) is 22.7 Å². The van der Waals surface area contributed by atoms with Crippen LogP contribution in [0.25, 0.3) is 0 Å². The summed E-state index contributed by atoms with van der Waals surface area (Å²) in [6.45, 7) is 1.98. The molecule has 3 nitrogen and oxygen atoms in total. The van der Waals surface area contributed by atoms with Crippen LogP contribution in [-0.4, -0.2) is 11.4 Å². The number of halogens is 1. The fraction of sp³-hybridized carbons (Fsp3) is 0.529. The normalized spacial score (nSPS) is 18.1. The Labute approximate surface area is 134 Å². The lowest BCUT2D eigenvalue weighted by Crippen LogP contribution is -2.47. The molecule has 0 spiro atoms. The molecule has 0 atom stereocenters. The van der Waals surface area contributed by atoms with Crippen LogP contribution in [-0.2, 0) is 0 Å². The van der Waals surface area contributed by atoms with E-state index >= 15 is 0 Å². The molecule has 1 aromatic rings. The van der Waals surface area contributed by atoms with E-state index in [4.69, 9.17) is 0 Å². The van der Waals surface area contributed by atoms with Crippen molar-refractivity contribution in [3.63, 3.8) is 0 Å². The van der Waals surface area contributed by atoms with E-state index in [0.717, 1.165) is 48.6 Å². The van der Waals surface area contributed by atoms with Gasteiger partial charge in [-0.05, 0) is 37.5 Å². The molecule has 0 radical (unpaired) electrons. The second kappa shape index (κ2) is 7.09. The molecule has 2 rings (SSSR count). The number of benzene rings is 1. The smallest absolute Gasteiger partial charge is 0.252 e. The molecule has 0 unspecified atom stereocenters. The number of carbonyl (C=O) groups is 1. The second-order valence-electron chi connectivity index (χ2n) is 5.88. The lowest BCUT2D eigenvalue weighted by atomic mass is 9.85. The van der Waals surface area contributed by atoms with Crippen molar-refractivity contribution in [3.05, 3.63) is 33.8 Å². The van der Waals surface area contributed by atoms with Crippen molar-refractivity contribution in [3.8, 4) is 6.07 Å². The van der Waals surface area contributed by atoms with Crippen LogP contribution in [0.1, 0.15) is 60.9 Å². The van der Waals surface area contributed by atoms with Gasteiger partial charge in [0.15, 0.2) is 0 Å². The lowest BCUT2D eigenvalue weighted by molar-refractivity contribution is 0.0907. The largest absolute Gasteiger partial charge is 0.334 e. The van der Waals surface area contributed by atoms with Gasteiger partial charge in [-0.15, -0.1) is 0 Å². The van der Waals surface area contributed by atoms with Gasteiger partial charge in [0.2, 0.25) is 0 Å². The topological polar surface area (TPSA) is 52.9 Å². The van der Waals surface area contributed by atoms with Crippen molar-refractivity contribution >= 4 is 21.8 Å². The average Bonchev–Trinajstić information content (AvgIpc) is 2.45. The van der Waals surface area contributed by atoms with Gasteiger partial charge in [0.25, 0.3) is 5.91 Å². The third kappa shape index (κ3) is 4.07. The molecule has 4 heteroatoms. The number of hydrogen-bond acceptors (Lipinski definition) is 2. The Morgan fingerprint density at radius 1 is 1.24 bits per heavy atom. The molecule has 1 aliphatic carbocycles. The van der Waals surface area contributed by atoms with E-state index in [1.54, 1.807) is 0 Å². The highest BCUT2D eigenvalue weighted by atomic mass is 79.9. The van der Waals surface area contributed by atoms with Crippen molar-refractivity contribution in [2.75, 3.05) is 0 Å². The summed E-state index contributed by atoms with van der Waals surface area (Å²) in [6.07, 6.45) is 7.05. The number of hydrogen-bond donors (Lipinski definition) is 1. The molecule has 1 aromatic carbocycles. The third-order valence-electron chi connectivity index (χ3n) is 4.21. The molecule has 21 heavy (non-hydrogen) atoms. The fourth-order valence-corrected chi connectivity index (χ4v) is 3.18. The van der Waals surface area contributed by atoms with Crippen molar-refractivity contribution in [2.24, 2.45) is 0 Å². The van der Waals surface area contributed by atoms with Gasteiger partial charge in [0.05, 0.1) is 6.07 Å². The third-order valence-corrected chi connectivity index (χ3v) is 5.06. The number of nitriles is 1. The zero-order chi connectivity index (χ0) is 15.3. The van der Waals surface area contributed by atoms with Gasteiger partial charge >= 0.3 is 0 Å². The predicted molar refractivity (Wildman–Crippen MR) is 87.0 cm³/mol. The number of aryl methyl sites for hydroxylation is 1. The second-order valence-corrected chi connectivity index (χ2v) is 6.73. The lowest BCUT2D eigenvalue weighted by Gasteiger charge is -2.29. The zero-order valence-corrected chi connectivity index (χ0v) is 14.0. The molecule has 1 N–H and O–H groups in total. The van der Waals surface area contributed by atoms with Gasteiger partial charge in [-0.1, -0.05) is 54.1 Å². The van der Waals surface area contributed by atoms with Crippen molar-refractivity contribution in [1.82, 2.24) is 5.32 Å². The Balaban J connectivity index is 2.14. The highest BCUT2D eigenvalue weighted by Gasteiger charge is 2.32. The summed E-state index contributed by atoms with van der Waals surface area (Å²) in [5.41, 5.74) is 0.992. The van der Waals surface area contributed by atoms with E-state index in [1.807, 2.05) is 25.1 Å². The monoisotopic (exact) mass is 348 g/mol. The Morgan fingerprint density at radius 3 is 2.43 bits per heavy atom. The van der Waals surface area contributed by atoms with Gasteiger partial charge in [0, 0.05) is 10.0 Å². The molecule has 1 saturated carbocycles. The van der Waals surface area contributed by atoms with Crippen LogP contribution in [0.4, 0.5) is 0 Å². The predicted octanol–water partition coefficient (Wildman–Crippen LogP) is 4.49. The first-order chi connectivity index (χ1) is 10.1. The highest BCUT2D eigenvalue weighted by molar-refractivity contribution is 9.10. The van der Waals surface area contributed by atoms with Crippen LogP contribution in [0, 0.1) is 18.3 Å². The van der Waals surface area contributed by atoms with Crippen molar-refractivity contribution < 1.29 is 4.79 Å². The van der Waals surface area contributed by atoms with E-state index in [1.165, 1.54) is 6.42 Å². The fourth-order valence-electron chi connectivity index (χ4n) is 2.80. The quantitative estimate of drug-likeness (QED) is 0.855. The minimum absolute atomic E-state index is 0.155. The molecule has 112 valence electrons. The van der Waals surface area contributed by atoms with Gasteiger partial charge in [-0.3, -0.25) is 4.79 Å². The number of amides is 1. The number of rotatable bonds is 2. The minimum Gasteiger partial charge on any atom is -0.334 e. The molecular formula is C17H21BrN2O. The van der Waals surface area contributed by atoms with E-state index in [9.17, 15) is 10.1 Å².